The van der Waals surface area contributed by atoms with Crippen molar-refractivity contribution in [1.82, 2.24) is 0 Å². The van der Waals surface area contributed by atoms with Crippen LogP contribution in [0.1, 0.15) is 31.1 Å². The van der Waals surface area contributed by atoms with Gasteiger partial charge >= 0.3 is 6.09 Å². The smallest absolute Gasteiger partial charge is 0.412 e. The summed E-state index contributed by atoms with van der Waals surface area (Å²) in [7, 11) is 0. The molecule has 0 aliphatic carbocycles. The standard InChI is InChI=1S/C18H18ClFN2O3/c1-18(2,3)25-17(24)21-12-9-7-11(8-10-12)16(23)22-14-6-4-5-13(19)15(14)20/h4-10H,1-3H3,(H,21,24)(H,22,23). The Hall–Kier alpha value is -2.60. The van der Waals surface area contributed by atoms with Crippen molar-refractivity contribution in [3.05, 3.63) is 58.9 Å². The van der Waals surface area contributed by atoms with Gasteiger partial charge in [-0.3, -0.25) is 10.1 Å². The van der Waals surface area contributed by atoms with E-state index >= 15 is 0 Å². The number of rotatable bonds is 3. The molecule has 0 spiro atoms. The second-order valence-electron chi connectivity index (χ2n) is 6.26. The van der Waals surface area contributed by atoms with Gasteiger partial charge in [0.25, 0.3) is 5.91 Å². The van der Waals surface area contributed by atoms with E-state index in [4.69, 9.17) is 16.3 Å². The number of amides is 2. The fraction of sp³-hybridized carbons (Fsp3) is 0.222. The maximum atomic E-state index is 13.8. The van der Waals surface area contributed by atoms with Crippen LogP contribution in [0, 0.1) is 5.82 Å². The van der Waals surface area contributed by atoms with Crippen LogP contribution in [0.4, 0.5) is 20.6 Å². The molecule has 0 bridgehead atoms. The fourth-order valence-electron chi connectivity index (χ4n) is 1.92. The molecule has 132 valence electrons. The molecule has 2 aromatic rings. The molecule has 0 atom stereocenters. The molecule has 2 aromatic carbocycles. The lowest BCUT2D eigenvalue weighted by atomic mass is 10.2. The second-order valence-corrected chi connectivity index (χ2v) is 6.67. The van der Waals surface area contributed by atoms with E-state index < -0.39 is 23.4 Å². The molecule has 0 aliphatic heterocycles. The van der Waals surface area contributed by atoms with Gasteiger partial charge in [-0.2, -0.15) is 0 Å². The van der Waals surface area contributed by atoms with E-state index in [1.165, 1.54) is 30.3 Å². The van der Waals surface area contributed by atoms with E-state index in [1.54, 1.807) is 32.9 Å². The Balaban J connectivity index is 2.03. The molecule has 0 fully saturated rings. The van der Waals surface area contributed by atoms with Gasteiger partial charge in [-0.25, -0.2) is 9.18 Å². The molecule has 0 heterocycles. The quantitative estimate of drug-likeness (QED) is 0.798. The first kappa shape index (κ1) is 18.7. The van der Waals surface area contributed by atoms with Crippen molar-refractivity contribution in [3.8, 4) is 0 Å². The third kappa shape index (κ3) is 5.46. The number of hydrogen-bond acceptors (Lipinski definition) is 3. The Morgan fingerprint density at radius 3 is 2.28 bits per heavy atom. The van der Waals surface area contributed by atoms with Crippen LogP contribution in [0.25, 0.3) is 0 Å². The molecule has 2 N–H and O–H groups in total. The van der Waals surface area contributed by atoms with Crippen molar-refractivity contribution in [3.63, 3.8) is 0 Å². The minimum absolute atomic E-state index is 0.00606. The molecule has 0 radical (unpaired) electrons. The van der Waals surface area contributed by atoms with Crippen LogP contribution in [0.15, 0.2) is 42.5 Å². The van der Waals surface area contributed by atoms with Crippen LogP contribution in [-0.2, 0) is 4.74 Å². The highest BCUT2D eigenvalue weighted by Gasteiger charge is 2.16. The summed E-state index contributed by atoms with van der Waals surface area (Å²) in [6.07, 6.45) is -0.592. The van der Waals surface area contributed by atoms with Crippen molar-refractivity contribution < 1.29 is 18.7 Å². The number of carbonyl (C=O) groups is 2. The largest absolute Gasteiger partial charge is 0.444 e. The normalized spacial score (nSPS) is 10.9. The van der Waals surface area contributed by atoms with E-state index in [1.807, 2.05) is 0 Å². The van der Waals surface area contributed by atoms with Crippen LogP contribution >= 0.6 is 11.6 Å². The van der Waals surface area contributed by atoms with Crippen LogP contribution < -0.4 is 10.6 Å². The predicted molar refractivity (Wildman–Crippen MR) is 95.7 cm³/mol. The Labute approximate surface area is 150 Å². The van der Waals surface area contributed by atoms with Gasteiger partial charge in [-0.1, -0.05) is 17.7 Å². The Kier molecular flexibility index (Phi) is 5.64. The van der Waals surface area contributed by atoms with E-state index in [2.05, 4.69) is 10.6 Å². The number of hydrogen-bond donors (Lipinski definition) is 2. The number of carbonyl (C=O) groups excluding carboxylic acids is 2. The van der Waals surface area contributed by atoms with Crippen LogP contribution in [0.2, 0.25) is 5.02 Å². The molecular weight excluding hydrogens is 347 g/mol. The topological polar surface area (TPSA) is 67.4 Å². The molecule has 0 saturated heterocycles. The highest BCUT2D eigenvalue weighted by molar-refractivity contribution is 6.31. The van der Waals surface area contributed by atoms with Gasteiger partial charge in [-0.15, -0.1) is 0 Å². The molecule has 2 amide bonds. The Bertz CT molecular complexity index is 786. The van der Waals surface area contributed by atoms with E-state index in [-0.39, 0.29) is 10.7 Å². The molecule has 0 unspecified atom stereocenters. The lowest BCUT2D eigenvalue weighted by Crippen LogP contribution is -2.27. The molecule has 0 saturated carbocycles. The molecule has 0 aliphatic rings. The van der Waals surface area contributed by atoms with Gasteiger partial charge in [0.15, 0.2) is 5.82 Å². The van der Waals surface area contributed by atoms with Crippen molar-refractivity contribution >= 4 is 35.0 Å². The second kappa shape index (κ2) is 7.53. The lowest BCUT2D eigenvalue weighted by Gasteiger charge is -2.19. The molecule has 0 aromatic heterocycles. The van der Waals surface area contributed by atoms with Crippen molar-refractivity contribution in [2.75, 3.05) is 10.6 Å². The van der Waals surface area contributed by atoms with Gasteiger partial charge < -0.3 is 10.1 Å². The zero-order valence-corrected chi connectivity index (χ0v) is 14.8. The average molecular weight is 365 g/mol. The number of benzene rings is 2. The summed E-state index contributed by atoms with van der Waals surface area (Å²) in [6, 6.07) is 10.4. The van der Waals surface area contributed by atoms with Crippen molar-refractivity contribution in [2.24, 2.45) is 0 Å². The maximum absolute atomic E-state index is 13.8. The predicted octanol–water partition coefficient (Wildman–Crippen LogP) is 5.08. The molecule has 25 heavy (non-hydrogen) atoms. The van der Waals surface area contributed by atoms with E-state index in [0.29, 0.717) is 11.3 Å². The third-order valence-corrected chi connectivity index (χ3v) is 3.28. The highest BCUT2D eigenvalue weighted by Crippen LogP contribution is 2.22. The molecule has 7 heteroatoms. The number of anilines is 2. The first-order chi connectivity index (χ1) is 11.7. The summed E-state index contributed by atoms with van der Waals surface area (Å²) in [5.41, 5.74) is 0.160. The van der Waals surface area contributed by atoms with Crippen LogP contribution in [0.5, 0.6) is 0 Å². The van der Waals surface area contributed by atoms with Gasteiger partial charge in [0.2, 0.25) is 0 Å². The SMILES string of the molecule is CC(C)(C)OC(=O)Nc1ccc(C(=O)Nc2cccc(Cl)c2F)cc1. The van der Waals surface area contributed by atoms with E-state index in [9.17, 15) is 14.0 Å². The van der Waals surface area contributed by atoms with Gasteiger partial charge in [0, 0.05) is 11.3 Å². The minimum atomic E-state index is -0.694. The van der Waals surface area contributed by atoms with E-state index in [0.717, 1.165) is 0 Å². The fourth-order valence-corrected chi connectivity index (χ4v) is 2.10. The summed E-state index contributed by atoms with van der Waals surface area (Å²) < 4.78 is 19.0. The zero-order valence-electron chi connectivity index (χ0n) is 14.0. The molecule has 5 nitrogen and oxygen atoms in total. The number of nitrogens with one attached hydrogen (secondary N) is 2. The van der Waals surface area contributed by atoms with Gasteiger partial charge in [0.1, 0.15) is 5.60 Å². The number of halogens is 2. The number of ether oxygens (including phenoxy) is 1. The Morgan fingerprint density at radius 2 is 1.68 bits per heavy atom. The molecular formula is C18H18ClFN2O3. The summed E-state index contributed by atoms with van der Waals surface area (Å²) in [4.78, 5) is 23.9. The van der Waals surface area contributed by atoms with Gasteiger partial charge in [0.05, 0.1) is 10.7 Å². The monoisotopic (exact) mass is 364 g/mol. The lowest BCUT2D eigenvalue weighted by molar-refractivity contribution is 0.0636. The van der Waals surface area contributed by atoms with Crippen molar-refractivity contribution in [2.45, 2.75) is 26.4 Å². The Morgan fingerprint density at radius 1 is 1.04 bits per heavy atom. The summed E-state index contributed by atoms with van der Waals surface area (Å²) in [5.74, 6) is -1.19. The zero-order chi connectivity index (χ0) is 18.6. The van der Waals surface area contributed by atoms with Crippen LogP contribution in [-0.4, -0.2) is 17.6 Å². The molecule has 2 rings (SSSR count). The first-order valence-electron chi connectivity index (χ1n) is 7.51. The summed E-state index contributed by atoms with van der Waals surface area (Å²) >= 11 is 5.68. The third-order valence-electron chi connectivity index (χ3n) is 2.99. The minimum Gasteiger partial charge on any atom is -0.444 e. The van der Waals surface area contributed by atoms with Crippen LogP contribution in [0.3, 0.4) is 0 Å². The summed E-state index contributed by atoms with van der Waals surface area (Å²) in [6.45, 7) is 5.28. The van der Waals surface area contributed by atoms with Gasteiger partial charge in [-0.05, 0) is 57.2 Å². The first-order valence-corrected chi connectivity index (χ1v) is 7.89. The van der Waals surface area contributed by atoms with Crippen molar-refractivity contribution in [1.29, 1.82) is 0 Å². The summed E-state index contributed by atoms with van der Waals surface area (Å²) in [5, 5.41) is 4.93. The average Bonchev–Trinajstić information content (AvgIpc) is 2.50. The maximum Gasteiger partial charge on any atom is 0.412 e. The highest BCUT2D eigenvalue weighted by atomic mass is 35.5.